The van der Waals surface area contributed by atoms with Crippen LogP contribution in [0.3, 0.4) is 0 Å². The standard InChI is InChI=1S/C13H19Cl/c1-2-3-9-13(14)11-10-12-7-5-4-6-8-12/h4-8,13H,2-3,9-11H2,1H3. The minimum Gasteiger partial charge on any atom is -0.123 e. The van der Waals surface area contributed by atoms with E-state index in [1.165, 1.54) is 18.4 Å². The lowest BCUT2D eigenvalue weighted by Gasteiger charge is -2.08. The van der Waals surface area contributed by atoms with Crippen LogP contribution in [0.2, 0.25) is 0 Å². The largest absolute Gasteiger partial charge is 0.123 e. The number of hydrogen-bond acceptors (Lipinski definition) is 0. The summed E-state index contributed by atoms with van der Waals surface area (Å²) in [5.74, 6) is 0. The van der Waals surface area contributed by atoms with Gasteiger partial charge in [0.1, 0.15) is 0 Å². The fourth-order valence-electron chi connectivity index (χ4n) is 1.54. The van der Waals surface area contributed by atoms with Gasteiger partial charge < -0.3 is 0 Å². The van der Waals surface area contributed by atoms with Gasteiger partial charge in [-0.15, -0.1) is 11.6 Å². The van der Waals surface area contributed by atoms with Crippen LogP contribution in [0, 0.1) is 0 Å². The van der Waals surface area contributed by atoms with Crippen LogP contribution in [0.1, 0.15) is 38.2 Å². The molecule has 0 amide bonds. The predicted molar refractivity (Wildman–Crippen MR) is 63.9 cm³/mol. The molecule has 0 aliphatic rings. The second-order valence-electron chi connectivity index (χ2n) is 3.76. The molecule has 1 rings (SSSR count). The molecule has 1 atom stereocenters. The minimum atomic E-state index is 0.357. The van der Waals surface area contributed by atoms with Gasteiger partial charge in [-0.25, -0.2) is 0 Å². The van der Waals surface area contributed by atoms with Gasteiger partial charge in [-0.05, 0) is 24.8 Å². The Morgan fingerprint density at radius 3 is 2.50 bits per heavy atom. The average molecular weight is 211 g/mol. The maximum absolute atomic E-state index is 6.21. The zero-order chi connectivity index (χ0) is 10.2. The maximum atomic E-state index is 6.21. The topological polar surface area (TPSA) is 0 Å². The van der Waals surface area contributed by atoms with E-state index < -0.39 is 0 Å². The van der Waals surface area contributed by atoms with E-state index in [0.717, 1.165) is 19.3 Å². The van der Waals surface area contributed by atoms with E-state index in [-0.39, 0.29) is 0 Å². The molecule has 0 spiro atoms. The van der Waals surface area contributed by atoms with Crippen molar-refractivity contribution in [2.75, 3.05) is 0 Å². The van der Waals surface area contributed by atoms with Crippen molar-refractivity contribution in [1.29, 1.82) is 0 Å². The first-order valence-electron chi connectivity index (χ1n) is 5.51. The summed E-state index contributed by atoms with van der Waals surface area (Å²) >= 11 is 6.21. The third-order valence-corrected chi connectivity index (χ3v) is 2.90. The summed E-state index contributed by atoms with van der Waals surface area (Å²) in [5.41, 5.74) is 1.40. The molecule has 0 radical (unpaired) electrons. The van der Waals surface area contributed by atoms with Gasteiger partial charge in [-0.1, -0.05) is 50.1 Å². The van der Waals surface area contributed by atoms with Gasteiger partial charge in [0.05, 0.1) is 0 Å². The molecule has 1 heteroatoms. The molecule has 14 heavy (non-hydrogen) atoms. The van der Waals surface area contributed by atoms with Crippen LogP contribution in [0.25, 0.3) is 0 Å². The van der Waals surface area contributed by atoms with Crippen molar-refractivity contribution < 1.29 is 0 Å². The second kappa shape index (κ2) is 6.89. The smallest absolute Gasteiger partial charge is 0.0339 e. The molecule has 0 aliphatic carbocycles. The van der Waals surface area contributed by atoms with Crippen LogP contribution in [0.4, 0.5) is 0 Å². The number of unbranched alkanes of at least 4 members (excludes halogenated alkanes) is 1. The van der Waals surface area contributed by atoms with Crippen LogP contribution < -0.4 is 0 Å². The number of alkyl halides is 1. The molecule has 0 aromatic heterocycles. The van der Waals surface area contributed by atoms with Gasteiger partial charge in [0.25, 0.3) is 0 Å². The lowest BCUT2D eigenvalue weighted by atomic mass is 10.1. The van der Waals surface area contributed by atoms with Crippen molar-refractivity contribution in [3.05, 3.63) is 35.9 Å². The molecule has 0 saturated carbocycles. The number of aryl methyl sites for hydroxylation is 1. The Labute approximate surface area is 92.3 Å². The zero-order valence-corrected chi connectivity index (χ0v) is 9.63. The summed E-state index contributed by atoms with van der Waals surface area (Å²) in [6, 6.07) is 10.6. The van der Waals surface area contributed by atoms with E-state index in [1.807, 2.05) is 0 Å². The number of hydrogen-bond donors (Lipinski definition) is 0. The van der Waals surface area contributed by atoms with Crippen molar-refractivity contribution in [2.45, 2.75) is 44.4 Å². The molecule has 0 saturated heterocycles. The summed E-state index contributed by atoms with van der Waals surface area (Å²) in [7, 11) is 0. The van der Waals surface area contributed by atoms with E-state index in [1.54, 1.807) is 0 Å². The van der Waals surface area contributed by atoms with Gasteiger partial charge in [-0.2, -0.15) is 0 Å². The Morgan fingerprint density at radius 2 is 1.86 bits per heavy atom. The summed E-state index contributed by atoms with van der Waals surface area (Å²) < 4.78 is 0. The number of rotatable bonds is 6. The normalized spacial score (nSPS) is 12.7. The highest BCUT2D eigenvalue weighted by molar-refractivity contribution is 6.20. The first-order valence-corrected chi connectivity index (χ1v) is 5.94. The predicted octanol–water partition coefficient (Wildman–Crippen LogP) is 4.42. The van der Waals surface area contributed by atoms with Crippen molar-refractivity contribution in [3.63, 3.8) is 0 Å². The van der Waals surface area contributed by atoms with Crippen LogP contribution in [0.5, 0.6) is 0 Å². The molecule has 1 aromatic carbocycles. The molecular weight excluding hydrogens is 192 g/mol. The third-order valence-electron chi connectivity index (χ3n) is 2.46. The summed E-state index contributed by atoms with van der Waals surface area (Å²) in [4.78, 5) is 0. The first-order chi connectivity index (χ1) is 6.83. The zero-order valence-electron chi connectivity index (χ0n) is 8.88. The highest BCUT2D eigenvalue weighted by atomic mass is 35.5. The molecule has 0 nitrogen and oxygen atoms in total. The molecule has 1 unspecified atom stereocenters. The van der Waals surface area contributed by atoms with Gasteiger partial charge in [0, 0.05) is 5.38 Å². The van der Waals surface area contributed by atoms with E-state index in [2.05, 4.69) is 37.3 Å². The first kappa shape index (κ1) is 11.6. The molecule has 0 fully saturated rings. The van der Waals surface area contributed by atoms with Crippen molar-refractivity contribution >= 4 is 11.6 Å². The Bertz CT molecular complexity index is 230. The van der Waals surface area contributed by atoms with E-state index in [4.69, 9.17) is 11.6 Å². The molecule has 0 bridgehead atoms. The quantitative estimate of drug-likeness (QED) is 0.610. The summed E-state index contributed by atoms with van der Waals surface area (Å²) in [6.07, 6.45) is 5.87. The van der Waals surface area contributed by atoms with Gasteiger partial charge in [-0.3, -0.25) is 0 Å². The lowest BCUT2D eigenvalue weighted by molar-refractivity contribution is 0.640. The molecule has 78 valence electrons. The number of halogens is 1. The third kappa shape index (κ3) is 4.66. The van der Waals surface area contributed by atoms with Crippen LogP contribution >= 0.6 is 11.6 Å². The fourth-order valence-corrected chi connectivity index (χ4v) is 1.80. The van der Waals surface area contributed by atoms with Crippen LogP contribution in [-0.4, -0.2) is 5.38 Å². The highest BCUT2D eigenvalue weighted by Gasteiger charge is 2.03. The van der Waals surface area contributed by atoms with E-state index in [0.29, 0.717) is 5.38 Å². The Kier molecular flexibility index (Phi) is 5.70. The molecule has 0 heterocycles. The summed E-state index contributed by atoms with van der Waals surface area (Å²) in [5, 5.41) is 0.357. The molecule has 0 aliphatic heterocycles. The average Bonchev–Trinajstić information content (AvgIpc) is 2.25. The Balaban J connectivity index is 2.20. The Morgan fingerprint density at radius 1 is 1.14 bits per heavy atom. The number of benzene rings is 1. The minimum absolute atomic E-state index is 0.357. The monoisotopic (exact) mass is 210 g/mol. The molecule has 0 N–H and O–H groups in total. The van der Waals surface area contributed by atoms with Crippen molar-refractivity contribution in [3.8, 4) is 0 Å². The van der Waals surface area contributed by atoms with E-state index >= 15 is 0 Å². The van der Waals surface area contributed by atoms with Gasteiger partial charge in [0.2, 0.25) is 0 Å². The van der Waals surface area contributed by atoms with Crippen LogP contribution in [-0.2, 0) is 6.42 Å². The van der Waals surface area contributed by atoms with Gasteiger partial charge in [0.15, 0.2) is 0 Å². The SMILES string of the molecule is CCCCC(Cl)CCc1ccccc1. The fraction of sp³-hybridized carbons (Fsp3) is 0.538. The lowest BCUT2D eigenvalue weighted by Crippen LogP contribution is -2.00. The van der Waals surface area contributed by atoms with Gasteiger partial charge >= 0.3 is 0 Å². The maximum Gasteiger partial charge on any atom is 0.0339 e. The summed E-state index contributed by atoms with van der Waals surface area (Å²) in [6.45, 7) is 2.21. The van der Waals surface area contributed by atoms with E-state index in [9.17, 15) is 0 Å². The molecular formula is C13H19Cl. The van der Waals surface area contributed by atoms with Crippen molar-refractivity contribution in [2.24, 2.45) is 0 Å². The highest BCUT2D eigenvalue weighted by Crippen LogP contribution is 2.14. The Hall–Kier alpha value is -0.490. The van der Waals surface area contributed by atoms with Crippen molar-refractivity contribution in [1.82, 2.24) is 0 Å². The second-order valence-corrected chi connectivity index (χ2v) is 4.38. The van der Waals surface area contributed by atoms with Crippen LogP contribution in [0.15, 0.2) is 30.3 Å². The molecule has 1 aromatic rings.